The first kappa shape index (κ1) is 20.1. The molecule has 0 radical (unpaired) electrons. The lowest BCUT2D eigenvalue weighted by Crippen LogP contribution is -2.14. The topological polar surface area (TPSA) is 104 Å². The maximum absolute atomic E-state index is 12.1. The molecule has 3 aromatic rings. The van der Waals surface area contributed by atoms with Gasteiger partial charge in [-0.25, -0.2) is 0 Å². The van der Waals surface area contributed by atoms with E-state index in [1.807, 2.05) is 42.8 Å². The van der Waals surface area contributed by atoms with Crippen molar-refractivity contribution in [1.82, 2.24) is 25.0 Å². The minimum absolute atomic E-state index is 0.164. The number of hydrogen-bond acceptors (Lipinski definition) is 9. The lowest BCUT2D eigenvalue weighted by molar-refractivity contribution is -0.113. The monoisotopic (exact) mass is 420 g/mol. The summed E-state index contributed by atoms with van der Waals surface area (Å²) in [6, 6.07) is 7.31. The number of ether oxygens (including phenoxy) is 2. The van der Waals surface area contributed by atoms with Gasteiger partial charge in [0.15, 0.2) is 11.0 Å². The molecule has 28 heavy (non-hydrogen) atoms. The van der Waals surface area contributed by atoms with Crippen LogP contribution in [0.15, 0.2) is 29.4 Å². The highest BCUT2D eigenvalue weighted by atomic mass is 32.2. The molecule has 0 saturated carbocycles. The molecule has 11 heteroatoms. The van der Waals surface area contributed by atoms with Crippen LogP contribution in [0.5, 0.6) is 11.5 Å². The molecule has 1 N–H and O–H groups in total. The Morgan fingerprint density at radius 1 is 1.18 bits per heavy atom. The quantitative estimate of drug-likeness (QED) is 0.527. The Bertz CT molecular complexity index is 925. The fraction of sp³-hybridized carbons (Fsp3) is 0.353. The van der Waals surface area contributed by atoms with E-state index in [0.29, 0.717) is 21.9 Å². The van der Waals surface area contributed by atoms with Gasteiger partial charge in [-0.15, -0.1) is 20.4 Å². The Morgan fingerprint density at radius 2 is 1.93 bits per heavy atom. The SMILES string of the molecule is CCc1nnc(NC(=O)CSc2nnc(COc3ccc(OC)cc3)n2C)s1. The minimum Gasteiger partial charge on any atom is -0.497 e. The summed E-state index contributed by atoms with van der Waals surface area (Å²) < 4.78 is 12.6. The number of rotatable bonds is 9. The number of carbonyl (C=O) groups excluding carboxylic acids is 1. The Hall–Kier alpha value is -2.66. The zero-order chi connectivity index (χ0) is 19.9. The lowest BCUT2D eigenvalue weighted by atomic mass is 10.3. The number of hydrogen-bond donors (Lipinski definition) is 1. The number of aryl methyl sites for hydroxylation is 1. The van der Waals surface area contributed by atoms with E-state index in [1.54, 1.807) is 7.11 Å². The van der Waals surface area contributed by atoms with Crippen LogP contribution >= 0.6 is 23.1 Å². The summed E-state index contributed by atoms with van der Waals surface area (Å²) in [4.78, 5) is 12.1. The maximum atomic E-state index is 12.1. The summed E-state index contributed by atoms with van der Waals surface area (Å²) in [6.45, 7) is 2.26. The predicted molar refractivity (Wildman–Crippen MR) is 107 cm³/mol. The van der Waals surface area contributed by atoms with Crippen molar-refractivity contribution in [1.29, 1.82) is 0 Å². The highest BCUT2D eigenvalue weighted by Gasteiger charge is 2.13. The van der Waals surface area contributed by atoms with Crippen LogP contribution in [0.3, 0.4) is 0 Å². The third kappa shape index (κ3) is 5.20. The summed E-state index contributed by atoms with van der Waals surface area (Å²) in [5.41, 5.74) is 0. The molecule has 1 aromatic carbocycles. The van der Waals surface area contributed by atoms with E-state index in [2.05, 4.69) is 25.7 Å². The van der Waals surface area contributed by atoms with Crippen LogP contribution < -0.4 is 14.8 Å². The molecular weight excluding hydrogens is 400 g/mol. The second-order valence-corrected chi connectivity index (χ2v) is 7.62. The zero-order valence-electron chi connectivity index (χ0n) is 15.7. The molecule has 0 bridgehead atoms. The van der Waals surface area contributed by atoms with Gasteiger partial charge in [0.1, 0.15) is 23.1 Å². The molecule has 3 rings (SSSR count). The van der Waals surface area contributed by atoms with Crippen LogP contribution in [-0.2, 0) is 24.9 Å². The van der Waals surface area contributed by atoms with Gasteiger partial charge in [-0.1, -0.05) is 30.0 Å². The van der Waals surface area contributed by atoms with Crippen LogP contribution in [0.25, 0.3) is 0 Å². The molecule has 2 heterocycles. The van der Waals surface area contributed by atoms with Gasteiger partial charge in [0, 0.05) is 7.05 Å². The number of aromatic nitrogens is 5. The molecular formula is C17H20N6O3S2. The molecule has 1 amide bonds. The van der Waals surface area contributed by atoms with Gasteiger partial charge in [-0.2, -0.15) is 0 Å². The van der Waals surface area contributed by atoms with Gasteiger partial charge in [0.05, 0.1) is 12.9 Å². The van der Waals surface area contributed by atoms with Crippen LogP contribution in [0.2, 0.25) is 0 Å². The molecule has 2 aromatic heterocycles. The zero-order valence-corrected chi connectivity index (χ0v) is 17.3. The van der Waals surface area contributed by atoms with Crippen molar-refractivity contribution in [2.45, 2.75) is 25.1 Å². The van der Waals surface area contributed by atoms with Crippen molar-refractivity contribution in [2.24, 2.45) is 7.05 Å². The summed E-state index contributed by atoms with van der Waals surface area (Å²) >= 11 is 2.67. The van der Waals surface area contributed by atoms with E-state index in [0.717, 1.165) is 17.2 Å². The number of amides is 1. The average Bonchev–Trinajstić information content (AvgIpc) is 3.31. The van der Waals surface area contributed by atoms with E-state index in [-0.39, 0.29) is 18.3 Å². The highest BCUT2D eigenvalue weighted by molar-refractivity contribution is 7.99. The van der Waals surface area contributed by atoms with E-state index >= 15 is 0 Å². The summed E-state index contributed by atoms with van der Waals surface area (Å²) in [7, 11) is 3.45. The fourth-order valence-electron chi connectivity index (χ4n) is 2.15. The van der Waals surface area contributed by atoms with Gasteiger partial charge in [-0.3, -0.25) is 10.1 Å². The predicted octanol–water partition coefficient (Wildman–Crippen LogP) is 2.55. The van der Waals surface area contributed by atoms with Crippen molar-refractivity contribution in [3.05, 3.63) is 35.1 Å². The smallest absolute Gasteiger partial charge is 0.236 e. The van der Waals surface area contributed by atoms with E-state index < -0.39 is 0 Å². The van der Waals surface area contributed by atoms with Crippen LogP contribution in [0, 0.1) is 0 Å². The Morgan fingerprint density at radius 3 is 2.61 bits per heavy atom. The van der Waals surface area contributed by atoms with Crippen molar-refractivity contribution in [2.75, 3.05) is 18.2 Å². The third-order valence-corrected chi connectivity index (χ3v) is 5.70. The van der Waals surface area contributed by atoms with E-state index in [9.17, 15) is 4.79 Å². The summed E-state index contributed by atoms with van der Waals surface area (Å²) in [5.74, 6) is 2.17. The Labute approximate surface area is 170 Å². The Kier molecular flexibility index (Phi) is 6.82. The second kappa shape index (κ2) is 9.51. The molecule has 0 saturated heterocycles. The van der Waals surface area contributed by atoms with Crippen LogP contribution in [-0.4, -0.2) is 43.7 Å². The molecule has 0 unspecified atom stereocenters. The molecule has 0 aliphatic rings. The molecule has 0 fully saturated rings. The standard InChI is InChI=1S/C17H20N6O3S2/c1-4-15-20-21-16(28-15)18-14(24)10-27-17-22-19-13(23(17)2)9-26-12-7-5-11(25-3)6-8-12/h5-8H,4,9-10H2,1-3H3,(H,18,21,24). The molecule has 0 atom stereocenters. The fourth-order valence-corrected chi connectivity index (χ4v) is 3.57. The number of thioether (sulfide) groups is 1. The lowest BCUT2D eigenvalue weighted by Gasteiger charge is -2.07. The van der Waals surface area contributed by atoms with E-state index in [4.69, 9.17) is 9.47 Å². The molecule has 148 valence electrons. The number of methoxy groups -OCH3 is 1. The number of nitrogens with one attached hydrogen (secondary N) is 1. The molecule has 0 aliphatic carbocycles. The van der Waals surface area contributed by atoms with Crippen LogP contribution in [0.4, 0.5) is 5.13 Å². The van der Waals surface area contributed by atoms with Crippen molar-refractivity contribution in [3.63, 3.8) is 0 Å². The first-order valence-electron chi connectivity index (χ1n) is 8.49. The summed E-state index contributed by atoms with van der Waals surface area (Å²) in [6.07, 6.45) is 0.794. The van der Waals surface area contributed by atoms with E-state index in [1.165, 1.54) is 23.1 Å². The average molecular weight is 421 g/mol. The molecule has 0 spiro atoms. The van der Waals surface area contributed by atoms with Crippen molar-refractivity contribution < 1.29 is 14.3 Å². The number of nitrogens with zero attached hydrogens (tertiary/aromatic N) is 5. The number of benzene rings is 1. The Balaban J connectivity index is 1.50. The first-order valence-corrected chi connectivity index (χ1v) is 10.3. The van der Waals surface area contributed by atoms with Gasteiger partial charge >= 0.3 is 0 Å². The second-order valence-electron chi connectivity index (χ2n) is 5.61. The number of anilines is 1. The number of carbonyl (C=O) groups is 1. The molecule has 0 aliphatic heterocycles. The van der Waals surface area contributed by atoms with Gasteiger partial charge in [0.2, 0.25) is 11.0 Å². The first-order chi connectivity index (χ1) is 13.6. The van der Waals surface area contributed by atoms with Gasteiger partial charge in [-0.05, 0) is 30.7 Å². The van der Waals surface area contributed by atoms with Crippen LogP contribution in [0.1, 0.15) is 17.8 Å². The summed E-state index contributed by atoms with van der Waals surface area (Å²) in [5, 5.41) is 20.9. The minimum atomic E-state index is -0.164. The van der Waals surface area contributed by atoms with Crippen molar-refractivity contribution >= 4 is 34.1 Å². The highest BCUT2D eigenvalue weighted by Crippen LogP contribution is 2.20. The maximum Gasteiger partial charge on any atom is 0.236 e. The van der Waals surface area contributed by atoms with Crippen molar-refractivity contribution in [3.8, 4) is 11.5 Å². The third-order valence-electron chi connectivity index (χ3n) is 3.70. The van der Waals surface area contributed by atoms with Gasteiger partial charge in [0.25, 0.3) is 0 Å². The normalized spacial score (nSPS) is 10.7. The molecule has 9 nitrogen and oxygen atoms in total. The van der Waals surface area contributed by atoms with Gasteiger partial charge < -0.3 is 14.0 Å². The largest absolute Gasteiger partial charge is 0.497 e.